The van der Waals surface area contributed by atoms with Gasteiger partial charge in [-0.25, -0.2) is 9.38 Å². The Hall–Kier alpha value is -2.96. The van der Waals surface area contributed by atoms with Gasteiger partial charge in [-0.3, -0.25) is 9.91 Å². The Labute approximate surface area is 190 Å². The van der Waals surface area contributed by atoms with Crippen LogP contribution in [0.15, 0.2) is 65.8 Å². The lowest BCUT2D eigenvalue weighted by molar-refractivity contribution is 0.263. The summed E-state index contributed by atoms with van der Waals surface area (Å²) in [5.41, 5.74) is 8.00. The molecule has 0 saturated carbocycles. The van der Waals surface area contributed by atoms with Gasteiger partial charge in [-0.2, -0.15) is 5.43 Å². The molecule has 0 bridgehead atoms. The Morgan fingerprint density at radius 3 is 2.53 bits per heavy atom. The van der Waals surface area contributed by atoms with Crippen molar-refractivity contribution in [2.45, 2.75) is 46.4 Å². The van der Waals surface area contributed by atoms with Gasteiger partial charge in [-0.15, -0.1) is 0 Å². The van der Waals surface area contributed by atoms with Crippen molar-refractivity contribution in [2.75, 3.05) is 18.4 Å². The van der Waals surface area contributed by atoms with E-state index in [0.717, 1.165) is 54.2 Å². The van der Waals surface area contributed by atoms with Gasteiger partial charge in [0.15, 0.2) is 12.1 Å². The Morgan fingerprint density at radius 1 is 1.09 bits per heavy atom. The lowest BCUT2D eigenvalue weighted by Gasteiger charge is -2.23. The quantitative estimate of drug-likeness (QED) is 0.565. The van der Waals surface area contributed by atoms with Crippen molar-refractivity contribution < 1.29 is 4.39 Å². The highest BCUT2D eigenvalue weighted by molar-refractivity contribution is 6.24. The third kappa shape index (κ3) is 5.09. The van der Waals surface area contributed by atoms with Gasteiger partial charge in [0.2, 0.25) is 0 Å². The maximum absolute atomic E-state index is 15.0. The molecule has 0 aromatic heterocycles. The summed E-state index contributed by atoms with van der Waals surface area (Å²) >= 11 is 0. The number of rotatable bonds is 9. The van der Waals surface area contributed by atoms with Crippen molar-refractivity contribution in [1.82, 2.24) is 15.3 Å². The van der Waals surface area contributed by atoms with Crippen LogP contribution in [-0.4, -0.2) is 35.1 Å². The maximum Gasteiger partial charge on any atom is 0.193 e. The van der Waals surface area contributed by atoms with Crippen LogP contribution in [0.25, 0.3) is 5.57 Å². The number of allylic oxidation sites excluding steroid dienone is 2. The Morgan fingerprint density at radius 2 is 1.84 bits per heavy atom. The third-order valence-corrected chi connectivity index (χ3v) is 5.67. The number of hydrogen-bond donors (Lipinski definition) is 2. The molecule has 2 aromatic carbocycles. The molecule has 2 N–H and O–H groups in total. The zero-order valence-corrected chi connectivity index (χ0v) is 19.1. The number of hydrogen-bond acceptors (Lipinski definition) is 5. The lowest BCUT2D eigenvalue weighted by Crippen LogP contribution is -2.40. The number of aryl methyl sites for hydroxylation is 1. The summed E-state index contributed by atoms with van der Waals surface area (Å²) in [6.07, 6.45) is 7.71. The van der Waals surface area contributed by atoms with Gasteiger partial charge in [0.05, 0.1) is 0 Å². The standard InChI is InChI=1S/C26H32FN5/c1-4-14-31(15-5-2)18-21-11-10-20(17-24(21)27)23-7-6-16-32-25(23)29-26(30-32)28-22-12-8-19(3)9-13-22/h6-13,16-17,26,28,30H,4-5,14-15,18H2,1-3H3. The fraction of sp³-hybridized carbons (Fsp3) is 0.346. The summed E-state index contributed by atoms with van der Waals surface area (Å²) in [5, 5.41) is 5.27. The number of amidine groups is 1. The van der Waals surface area contributed by atoms with Crippen LogP contribution in [0.3, 0.4) is 0 Å². The summed E-state index contributed by atoms with van der Waals surface area (Å²) in [6, 6.07) is 13.8. The van der Waals surface area contributed by atoms with Crippen LogP contribution in [0.4, 0.5) is 10.1 Å². The van der Waals surface area contributed by atoms with E-state index in [4.69, 9.17) is 4.99 Å². The molecule has 6 heteroatoms. The van der Waals surface area contributed by atoms with Gasteiger partial charge in [0.1, 0.15) is 5.82 Å². The molecule has 0 saturated heterocycles. The first-order valence-corrected chi connectivity index (χ1v) is 11.4. The van der Waals surface area contributed by atoms with E-state index in [0.29, 0.717) is 6.54 Å². The maximum atomic E-state index is 15.0. The van der Waals surface area contributed by atoms with Gasteiger partial charge in [-0.1, -0.05) is 43.7 Å². The zero-order valence-electron chi connectivity index (χ0n) is 19.1. The summed E-state index contributed by atoms with van der Waals surface area (Å²) < 4.78 is 15.0. The third-order valence-electron chi connectivity index (χ3n) is 5.67. The largest absolute Gasteiger partial charge is 0.350 e. The molecule has 5 nitrogen and oxygen atoms in total. The Bertz CT molecular complexity index is 1020. The van der Waals surface area contributed by atoms with Crippen LogP contribution in [0, 0.1) is 12.7 Å². The summed E-state index contributed by atoms with van der Waals surface area (Å²) in [7, 11) is 0. The lowest BCUT2D eigenvalue weighted by atomic mass is 10.0. The Kier molecular flexibility index (Phi) is 7.02. The van der Waals surface area contributed by atoms with E-state index in [-0.39, 0.29) is 12.1 Å². The van der Waals surface area contributed by atoms with Crippen molar-refractivity contribution >= 4 is 17.1 Å². The second-order valence-corrected chi connectivity index (χ2v) is 8.37. The van der Waals surface area contributed by atoms with Crippen LogP contribution in [0.2, 0.25) is 0 Å². The molecule has 168 valence electrons. The first-order chi connectivity index (χ1) is 15.6. The number of benzene rings is 2. The SMILES string of the molecule is CCCN(CCC)Cc1ccc(C2=CC=CN3NC(Nc4ccc(C)cc4)N=C23)cc1F. The second kappa shape index (κ2) is 10.1. The molecule has 1 atom stereocenters. The first-order valence-electron chi connectivity index (χ1n) is 11.4. The highest BCUT2D eigenvalue weighted by atomic mass is 19.1. The van der Waals surface area contributed by atoms with Gasteiger partial charge in [0.25, 0.3) is 0 Å². The number of nitrogens with zero attached hydrogens (tertiary/aromatic N) is 3. The van der Waals surface area contributed by atoms with Crippen LogP contribution in [0.1, 0.15) is 43.4 Å². The molecule has 2 aliphatic heterocycles. The van der Waals surface area contributed by atoms with Gasteiger partial charge >= 0.3 is 0 Å². The molecule has 0 amide bonds. The average Bonchev–Trinajstić information content (AvgIpc) is 3.19. The number of nitrogens with one attached hydrogen (secondary N) is 2. The molecule has 0 fully saturated rings. The summed E-state index contributed by atoms with van der Waals surface area (Å²) in [5.74, 6) is 0.616. The molecule has 2 aliphatic rings. The average molecular weight is 434 g/mol. The fourth-order valence-corrected chi connectivity index (χ4v) is 4.10. The summed E-state index contributed by atoms with van der Waals surface area (Å²) in [4.78, 5) is 7.12. The van der Waals surface area contributed by atoms with Crippen molar-refractivity contribution in [3.8, 4) is 0 Å². The van der Waals surface area contributed by atoms with Crippen LogP contribution in [0.5, 0.6) is 0 Å². The number of hydrazine groups is 1. The van der Waals surface area contributed by atoms with Crippen molar-refractivity contribution in [3.63, 3.8) is 0 Å². The van der Waals surface area contributed by atoms with E-state index in [2.05, 4.69) is 48.5 Å². The highest BCUT2D eigenvalue weighted by Crippen LogP contribution is 2.27. The molecule has 2 aromatic rings. The fourth-order valence-electron chi connectivity index (χ4n) is 4.10. The predicted octanol–water partition coefficient (Wildman–Crippen LogP) is 5.28. The summed E-state index contributed by atoms with van der Waals surface area (Å²) in [6.45, 7) is 9.00. The normalized spacial score (nSPS) is 17.4. The van der Waals surface area contributed by atoms with E-state index < -0.39 is 0 Å². The van der Waals surface area contributed by atoms with Gasteiger partial charge < -0.3 is 5.32 Å². The zero-order chi connectivity index (χ0) is 22.5. The minimum absolute atomic E-state index is 0.164. The van der Waals surface area contributed by atoms with E-state index in [1.54, 1.807) is 6.07 Å². The number of anilines is 1. The predicted molar refractivity (Wildman–Crippen MR) is 130 cm³/mol. The molecule has 32 heavy (non-hydrogen) atoms. The van der Waals surface area contributed by atoms with E-state index in [9.17, 15) is 0 Å². The van der Waals surface area contributed by atoms with Crippen LogP contribution >= 0.6 is 0 Å². The van der Waals surface area contributed by atoms with E-state index >= 15 is 4.39 Å². The first kappa shape index (κ1) is 22.2. The smallest absolute Gasteiger partial charge is 0.193 e. The van der Waals surface area contributed by atoms with E-state index in [1.807, 2.05) is 47.6 Å². The van der Waals surface area contributed by atoms with Gasteiger partial charge in [0, 0.05) is 29.6 Å². The second-order valence-electron chi connectivity index (χ2n) is 8.37. The van der Waals surface area contributed by atoms with Crippen molar-refractivity contribution in [1.29, 1.82) is 0 Å². The number of aliphatic imine (C=N–C) groups is 1. The molecular weight excluding hydrogens is 401 g/mol. The molecule has 0 spiro atoms. The minimum atomic E-state index is -0.292. The molecular formula is C26H32FN5. The van der Waals surface area contributed by atoms with Gasteiger partial charge in [-0.05, 0) is 68.8 Å². The topological polar surface area (TPSA) is 42.9 Å². The van der Waals surface area contributed by atoms with Crippen LogP contribution in [-0.2, 0) is 6.54 Å². The molecule has 4 rings (SSSR count). The molecule has 1 unspecified atom stereocenters. The van der Waals surface area contributed by atoms with Crippen LogP contribution < -0.4 is 10.7 Å². The molecule has 0 radical (unpaired) electrons. The molecule has 0 aliphatic carbocycles. The minimum Gasteiger partial charge on any atom is -0.350 e. The van der Waals surface area contributed by atoms with Crippen molar-refractivity contribution in [3.05, 3.63) is 83.3 Å². The van der Waals surface area contributed by atoms with Crippen molar-refractivity contribution in [2.24, 2.45) is 4.99 Å². The monoisotopic (exact) mass is 433 g/mol. The number of fused-ring (bicyclic) bond motifs is 1. The number of halogens is 1. The highest BCUT2D eigenvalue weighted by Gasteiger charge is 2.28. The Balaban J connectivity index is 1.51. The molecule has 2 heterocycles. The van der Waals surface area contributed by atoms with E-state index in [1.165, 1.54) is 5.56 Å².